The Labute approximate surface area is 149 Å². The number of hydrogen-bond donors (Lipinski definition) is 1. The first-order chi connectivity index (χ1) is 11.5. The van der Waals surface area contributed by atoms with Crippen molar-refractivity contribution in [3.05, 3.63) is 65.2 Å². The molecule has 0 aliphatic heterocycles. The highest BCUT2D eigenvalue weighted by Crippen LogP contribution is 2.39. The summed E-state index contributed by atoms with van der Waals surface area (Å²) in [5.74, 6) is 0. The van der Waals surface area contributed by atoms with Crippen LogP contribution < -0.4 is 10.6 Å². The molecule has 2 aromatic carbocycles. The van der Waals surface area contributed by atoms with E-state index < -0.39 is 6.03 Å². The fourth-order valence-corrected chi connectivity index (χ4v) is 4.30. The van der Waals surface area contributed by atoms with Gasteiger partial charge in [0.25, 0.3) is 0 Å². The Bertz CT molecular complexity index is 842. The molecule has 122 valence electrons. The molecule has 0 spiro atoms. The number of rotatable bonds is 4. The number of aryl methyl sites for hydroxylation is 2. The summed E-state index contributed by atoms with van der Waals surface area (Å²) < 4.78 is 0. The van der Waals surface area contributed by atoms with Crippen LogP contribution >= 0.6 is 23.1 Å². The van der Waals surface area contributed by atoms with Crippen molar-refractivity contribution >= 4 is 39.9 Å². The molecule has 0 aliphatic carbocycles. The Morgan fingerprint density at radius 1 is 1.17 bits per heavy atom. The maximum absolute atomic E-state index is 12.0. The maximum atomic E-state index is 12.0. The lowest BCUT2D eigenvalue weighted by Gasteiger charge is -2.20. The van der Waals surface area contributed by atoms with Crippen molar-refractivity contribution in [2.75, 3.05) is 4.90 Å². The van der Waals surface area contributed by atoms with Crippen LogP contribution in [0.5, 0.6) is 0 Å². The number of nitrogens with zero attached hydrogens (tertiary/aromatic N) is 2. The van der Waals surface area contributed by atoms with E-state index in [1.54, 1.807) is 18.0 Å². The van der Waals surface area contributed by atoms with Crippen molar-refractivity contribution < 1.29 is 4.79 Å². The maximum Gasteiger partial charge on any atom is 0.325 e. The van der Waals surface area contributed by atoms with Crippen molar-refractivity contribution in [2.45, 2.75) is 23.6 Å². The summed E-state index contributed by atoms with van der Waals surface area (Å²) in [5, 5.41) is 2.39. The van der Waals surface area contributed by atoms with Crippen LogP contribution in [0.2, 0.25) is 0 Å². The highest BCUT2D eigenvalue weighted by Gasteiger charge is 2.20. The molecule has 0 saturated heterocycles. The van der Waals surface area contributed by atoms with Gasteiger partial charge in [-0.25, -0.2) is 14.7 Å². The van der Waals surface area contributed by atoms with Gasteiger partial charge < -0.3 is 5.73 Å². The zero-order chi connectivity index (χ0) is 17.1. The molecule has 3 aromatic rings. The first-order valence-corrected chi connectivity index (χ1v) is 9.08. The van der Waals surface area contributed by atoms with Gasteiger partial charge in [-0.1, -0.05) is 30.0 Å². The molecule has 0 atom stereocenters. The zero-order valence-corrected chi connectivity index (χ0v) is 15.0. The van der Waals surface area contributed by atoms with Crippen LogP contribution in [0.15, 0.2) is 63.8 Å². The van der Waals surface area contributed by atoms with E-state index in [1.165, 1.54) is 27.4 Å². The smallest absolute Gasteiger partial charge is 0.325 e. The molecule has 2 amide bonds. The predicted octanol–water partition coefficient (Wildman–Crippen LogP) is 5.13. The molecule has 0 radical (unpaired) electrons. The van der Waals surface area contributed by atoms with Gasteiger partial charge in [-0.15, -0.1) is 11.3 Å². The van der Waals surface area contributed by atoms with Gasteiger partial charge in [-0.3, -0.25) is 0 Å². The predicted molar refractivity (Wildman–Crippen MR) is 100 cm³/mol. The molecule has 0 unspecified atom stereocenters. The normalized spacial score (nSPS) is 10.6. The molecule has 1 heterocycles. The first kappa shape index (κ1) is 16.5. The molecule has 4 nitrogen and oxygen atoms in total. The van der Waals surface area contributed by atoms with Crippen LogP contribution in [0, 0.1) is 13.8 Å². The Balaban J connectivity index is 2.02. The summed E-state index contributed by atoms with van der Waals surface area (Å²) in [6, 6.07) is 13.6. The number of carbonyl (C=O) groups excluding carboxylic acids is 1. The van der Waals surface area contributed by atoms with Gasteiger partial charge >= 0.3 is 6.03 Å². The van der Waals surface area contributed by atoms with E-state index in [4.69, 9.17) is 5.73 Å². The van der Waals surface area contributed by atoms with E-state index in [-0.39, 0.29) is 0 Å². The second-order valence-corrected chi connectivity index (χ2v) is 7.37. The summed E-state index contributed by atoms with van der Waals surface area (Å²) in [7, 11) is 0. The quantitative estimate of drug-likeness (QED) is 0.706. The Hall–Kier alpha value is -2.31. The number of anilines is 2. The van der Waals surface area contributed by atoms with E-state index in [0.717, 1.165) is 15.5 Å². The summed E-state index contributed by atoms with van der Waals surface area (Å²) in [6.45, 7) is 4.16. The number of hydrogen-bond acceptors (Lipinski definition) is 4. The summed E-state index contributed by atoms with van der Waals surface area (Å²) in [4.78, 5) is 19.8. The first-order valence-electron chi connectivity index (χ1n) is 7.39. The molecule has 0 bridgehead atoms. The van der Waals surface area contributed by atoms with Gasteiger partial charge in [0.1, 0.15) is 0 Å². The third-order valence-electron chi connectivity index (χ3n) is 3.36. The molecule has 1 aromatic heterocycles. The molecule has 24 heavy (non-hydrogen) atoms. The second kappa shape index (κ2) is 7.07. The molecule has 3 rings (SSSR count). The number of benzene rings is 2. The van der Waals surface area contributed by atoms with Crippen LogP contribution in [0.25, 0.3) is 0 Å². The molecule has 0 fully saturated rings. The second-order valence-electron chi connectivity index (χ2n) is 5.38. The topological polar surface area (TPSA) is 59.2 Å². The average molecular weight is 355 g/mol. The molecule has 0 aliphatic rings. The zero-order valence-electron chi connectivity index (χ0n) is 13.4. The number of nitrogens with two attached hydrogens (primary N) is 1. The number of thiazole rings is 1. The average Bonchev–Trinajstić information content (AvgIpc) is 3.02. The van der Waals surface area contributed by atoms with Gasteiger partial charge in [0.15, 0.2) is 5.13 Å². The lowest BCUT2D eigenvalue weighted by molar-refractivity contribution is 0.256. The molecule has 6 heteroatoms. The van der Waals surface area contributed by atoms with Crippen molar-refractivity contribution in [1.82, 2.24) is 4.98 Å². The van der Waals surface area contributed by atoms with Crippen molar-refractivity contribution in [1.29, 1.82) is 0 Å². The molecule has 2 N–H and O–H groups in total. The highest BCUT2D eigenvalue weighted by molar-refractivity contribution is 7.99. The molecule has 0 saturated carbocycles. The largest absolute Gasteiger partial charge is 0.351 e. The Morgan fingerprint density at radius 2 is 1.88 bits per heavy atom. The minimum Gasteiger partial charge on any atom is -0.351 e. The summed E-state index contributed by atoms with van der Waals surface area (Å²) in [6.07, 6.45) is 1.66. The van der Waals surface area contributed by atoms with Crippen LogP contribution in [-0.2, 0) is 0 Å². The van der Waals surface area contributed by atoms with Gasteiger partial charge in [0.05, 0.1) is 5.69 Å². The Kier molecular flexibility index (Phi) is 4.87. The lowest BCUT2D eigenvalue weighted by Crippen LogP contribution is -2.31. The minimum absolute atomic E-state index is 0.543. The lowest BCUT2D eigenvalue weighted by atomic mass is 10.2. The minimum atomic E-state index is -0.543. The van der Waals surface area contributed by atoms with Crippen LogP contribution in [0.3, 0.4) is 0 Å². The number of primary amides is 1. The number of amides is 2. The fourth-order valence-electron chi connectivity index (χ4n) is 2.49. The van der Waals surface area contributed by atoms with E-state index >= 15 is 0 Å². The van der Waals surface area contributed by atoms with E-state index in [1.807, 2.05) is 29.6 Å². The van der Waals surface area contributed by atoms with Gasteiger partial charge in [-0.05, 0) is 49.2 Å². The monoisotopic (exact) mass is 355 g/mol. The van der Waals surface area contributed by atoms with Crippen molar-refractivity contribution in [3.63, 3.8) is 0 Å². The van der Waals surface area contributed by atoms with E-state index in [0.29, 0.717) is 5.13 Å². The van der Waals surface area contributed by atoms with E-state index in [2.05, 4.69) is 37.0 Å². The highest BCUT2D eigenvalue weighted by atomic mass is 32.2. The van der Waals surface area contributed by atoms with Gasteiger partial charge in [-0.2, -0.15) is 0 Å². The van der Waals surface area contributed by atoms with E-state index in [9.17, 15) is 4.79 Å². The van der Waals surface area contributed by atoms with Crippen molar-refractivity contribution in [3.8, 4) is 0 Å². The van der Waals surface area contributed by atoms with Crippen LogP contribution in [0.4, 0.5) is 15.6 Å². The van der Waals surface area contributed by atoms with Gasteiger partial charge in [0, 0.05) is 21.4 Å². The standard InChI is InChI=1S/C18H17N3OS2/c1-12-9-13(2)11-14(10-12)24-16-6-4-3-5-15(16)21(17(19)22)18-20-7-8-23-18/h3-11H,1-2H3,(H2,19,22). The number of aromatic nitrogens is 1. The van der Waals surface area contributed by atoms with Gasteiger partial charge in [0.2, 0.25) is 0 Å². The number of carbonyl (C=O) groups is 1. The molecular formula is C18H17N3OS2. The van der Waals surface area contributed by atoms with Crippen LogP contribution in [-0.4, -0.2) is 11.0 Å². The third-order valence-corrected chi connectivity index (χ3v) is 5.15. The number of urea groups is 1. The Morgan fingerprint density at radius 3 is 2.50 bits per heavy atom. The number of para-hydroxylation sites is 1. The summed E-state index contributed by atoms with van der Waals surface area (Å²) >= 11 is 2.99. The third kappa shape index (κ3) is 3.60. The SMILES string of the molecule is Cc1cc(C)cc(Sc2ccccc2N(C(N)=O)c2nccs2)c1. The van der Waals surface area contributed by atoms with Crippen LogP contribution in [0.1, 0.15) is 11.1 Å². The van der Waals surface area contributed by atoms with Crippen molar-refractivity contribution in [2.24, 2.45) is 5.73 Å². The molecular weight excluding hydrogens is 338 g/mol. The fraction of sp³-hybridized carbons (Fsp3) is 0.111. The summed E-state index contributed by atoms with van der Waals surface area (Å²) in [5.41, 5.74) is 8.77.